The van der Waals surface area contributed by atoms with Gasteiger partial charge in [0.2, 0.25) is 0 Å². The van der Waals surface area contributed by atoms with Gasteiger partial charge in [0, 0.05) is 4.88 Å². The highest BCUT2D eigenvalue weighted by molar-refractivity contribution is 7.10. The molecule has 0 saturated heterocycles. The molecule has 160 valence electrons. The predicted molar refractivity (Wildman–Crippen MR) is 122 cm³/mol. The summed E-state index contributed by atoms with van der Waals surface area (Å²) in [6.07, 6.45) is 1.84. The first kappa shape index (κ1) is 21.3. The highest BCUT2D eigenvalue weighted by Crippen LogP contribution is 2.33. The van der Waals surface area contributed by atoms with Crippen LogP contribution in [0.15, 0.2) is 62.8 Å². The van der Waals surface area contributed by atoms with E-state index in [4.69, 9.17) is 9.47 Å². The molecule has 1 aliphatic rings. The number of ether oxygens (including phenoxy) is 2. The van der Waals surface area contributed by atoms with Crippen molar-refractivity contribution in [3.8, 4) is 5.75 Å². The monoisotopic (exact) mass is 454 g/mol. The molecule has 2 aromatic heterocycles. The molecule has 0 spiro atoms. The van der Waals surface area contributed by atoms with Crippen LogP contribution in [0.3, 0.4) is 0 Å². The van der Waals surface area contributed by atoms with E-state index in [2.05, 4.69) is 4.99 Å². The summed E-state index contributed by atoms with van der Waals surface area (Å²) in [5.41, 5.74) is 1.70. The third-order valence-corrected chi connectivity index (χ3v) is 6.73. The molecule has 0 radical (unpaired) electrons. The van der Waals surface area contributed by atoms with E-state index in [9.17, 15) is 9.59 Å². The Hall–Kier alpha value is -2.97. The molecule has 0 saturated carbocycles. The Balaban J connectivity index is 1.85. The fraction of sp³-hybridized carbons (Fsp3) is 0.261. The maximum atomic E-state index is 13.4. The first-order chi connectivity index (χ1) is 15.0. The minimum absolute atomic E-state index is 0.176. The number of esters is 1. The number of fused-ring (bicyclic) bond motifs is 1. The predicted octanol–water partition coefficient (Wildman–Crippen LogP) is 3.26. The summed E-state index contributed by atoms with van der Waals surface area (Å²) in [7, 11) is 0. The Morgan fingerprint density at radius 2 is 1.97 bits per heavy atom. The van der Waals surface area contributed by atoms with Crippen LogP contribution in [-0.2, 0) is 9.53 Å². The van der Waals surface area contributed by atoms with Crippen molar-refractivity contribution < 1.29 is 14.3 Å². The van der Waals surface area contributed by atoms with Gasteiger partial charge in [-0.05, 0) is 56.0 Å². The lowest BCUT2D eigenvalue weighted by Gasteiger charge is -2.23. The molecule has 1 aromatic carbocycles. The summed E-state index contributed by atoms with van der Waals surface area (Å²) in [6, 6.07) is 10.9. The summed E-state index contributed by atoms with van der Waals surface area (Å²) in [5, 5.41) is 1.93. The fourth-order valence-electron chi connectivity index (χ4n) is 3.49. The summed E-state index contributed by atoms with van der Waals surface area (Å²) in [4.78, 5) is 32.2. The van der Waals surface area contributed by atoms with Gasteiger partial charge in [0.25, 0.3) is 5.56 Å². The van der Waals surface area contributed by atoms with Crippen molar-refractivity contribution in [2.24, 2.45) is 4.99 Å². The molecule has 4 rings (SSSR count). The van der Waals surface area contributed by atoms with Crippen LogP contribution in [0.1, 0.15) is 37.3 Å². The second kappa shape index (κ2) is 9.03. The van der Waals surface area contributed by atoms with Gasteiger partial charge in [-0.1, -0.05) is 29.5 Å². The van der Waals surface area contributed by atoms with Crippen molar-refractivity contribution in [3.05, 3.63) is 83.2 Å². The van der Waals surface area contributed by atoms with E-state index in [-0.39, 0.29) is 12.2 Å². The zero-order chi connectivity index (χ0) is 22.0. The molecule has 0 amide bonds. The Bertz CT molecular complexity index is 1300. The van der Waals surface area contributed by atoms with Gasteiger partial charge in [-0.3, -0.25) is 9.36 Å². The Morgan fingerprint density at radius 1 is 1.19 bits per heavy atom. The summed E-state index contributed by atoms with van der Waals surface area (Å²) >= 11 is 2.82. The van der Waals surface area contributed by atoms with Gasteiger partial charge in [0.1, 0.15) is 11.8 Å². The molecular formula is C23H22N2O4S2. The van der Waals surface area contributed by atoms with E-state index in [1.807, 2.05) is 54.8 Å². The number of nitrogens with zero attached hydrogens (tertiary/aromatic N) is 2. The highest BCUT2D eigenvalue weighted by Gasteiger charge is 2.33. The summed E-state index contributed by atoms with van der Waals surface area (Å²) in [5.74, 6) is 0.344. The number of carbonyl (C=O) groups is 1. The molecule has 1 atom stereocenters. The van der Waals surface area contributed by atoms with E-state index in [1.54, 1.807) is 18.4 Å². The second-order valence-electron chi connectivity index (χ2n) is 6.82. The average Bonchev–Trinajstić information content (AvgIpc) is 3.38. The van der Waals surface area contributed by atoms with E-state index in [1.165, 1.54) is 22.7 Å². The largest absolute Gasteiger partial charge is 0.494 e. The molecule has 0 aliphatic carbocycles. The standard InChI is InChI=1S/C23H22N2O4S2/c1-4-28-16-10-8-15(9-11-16)13-18-21(26)25-20(17-7-6-12-30-17)19(22(27)29-5-2)14(3)24-23(25)31-18/h6-13,20H,4-5H2,1-3H3. The van der Waals surface area contributed by atoms with Gasteiger partial charge in [-0.2, -0.15) is 0 Å². The zero-order valence-corrected chi connectivity index (χ0v) is 19.1. The highest BCUT2D eigenvalue weighted by atomic mass is 32.1. The number of carbonyl (C=O) groups excluding carboxylic acids is 1. The van der Waals surface area contributed by atoms with E-state index < -0.39 is 12.0 Å². The van der Waals surface area contributed by atoms with E-state index >= 15 is 0 Å². The molecule has 6 nitrogen and oxygen atoms in total. The number of rotatable bonds is 6. The van der Waals surface area contributed by atoms with Gasteiger partial charge in [-0.15, -0.1) is 11.3 Å². The van der Waals surface area contributed by atoms with Gasteiger partial charge in [-0.25, -0.2) is 9.79 Å². The molecule has 3 heterocycles. The van der Waals surface area contributed by atoms with Gasteiger partial charge in [0.15, 0.2) is 4.80 Å². The molecule has 1 unspecified atom stereocenters. The SMILES string of the molecule is CCOC(=O)C1=C(C)N=c2sc(=Cc3ccc(OCC)cc3)c(=O)n2C1c1cccs1. The number of benzene rings is 1. The van der Waals surface area contributed by atoms with Crippen molar-refractivity contribution in [1.82, 2.24) is 4.57 Å². The number of hydrogen-bond donors (Lipinski definition) is 0. The van der Waals surface area contributed by atoms with Gasteiger partial charge in [0.05, 0.1) is 29.0 Å². The lowest BCUT2D eigenvalue weighted by molar-refractivity contribution is -0.139. The number of allylic oxidation sites excluding steroid dienone is 1. The van der Waals surface area contributed by atoms with Crippen LogP contribution in [0, 0.1) is 0 Å². The van der Waals surface area contributed by atoms with E-state index in [0.717, 1.165) is 16.2 Å². The van der Waals surface area contributed by atoms with Crippen LogP contribution in [-0.4, -0.2) is 23.8 Å². The van der Waals surface area contributed by atoms with Crippen molar-refractivity contribution in [2.75, 3.05) is 13.2 Å². The van der Waals surface area contributed by atoms with Crippen LogP contribution < -0.4 is 19.6 Å². The van der Waals surface area contributed by atoms with Crippen molar-refractivity contribution in [2.45, 2.75) is 26.8 Å². The fourth-order valence-corrected chi connectivity index (χ4v) is 5.36. The first-order valence-corrected chi connectivity index (χ1v) is 11.7. The topological polar surface area (TPSA) is 69.9 Å². The molecule has 0 fully saturated rings. The number of aromatic nitrogens is 1. The zero-order valence-electron chi connectivity index (χ0n) is 17.5. The van der Waals surface area contributed by atoms with Crippen molar-refractivity contribution in [3.63, 3.8) is 0 Å². The van der Waals surface area contributed by atoms with Crippen molar-refractivity contribution >= 4 is 34.7 Å². The quantitative estimate of drug-likeness (QED) is 0.536. The van der Waals surface area contributed by atoms with Gasteiger partial charge < -0.3 is 9.47 Å². The molecule has 31 heavy (non-hydrogen) atoms. The number of thiophene rings is 1. The lowest BCUT2D eigenvalue weighted by Crippen LogP contribution is -2.39. The lowest BCUT2D eigenvalue weighted by atomic mass is 10.0. The van der Waals surface area contributed by atoms with Crippen LogP contribution >= 0.6 is 22.7 Å². The molecular weight excluding hydrogens is 432 g/mol. The normalized spacial score (nSPS) is 16.1. The average molecular weight is 455 g/mol. The second-order valence-corrected chi connectivity index (χ2v) is 8.81. The maximum Gasteiger partial charge on any atom is 0.338 e. The third kappa shape index (κ3) is 4.13. The Kier molecular flexibility index (Phi) is 6.20. The number of hydrogen-bond acceptors (Lipinski definition) is 7. The smallest absolute Gasteiger partial charge is 0.338 e. The van der Waals surface area contributed by atoms with Crippen LogP contribution in [0.5, 0.6) is 5.75 Å². The molecule has 8 heteroatoms. The first-order valence-electron chi connectivity index (χ1n) is 9.99. The van der Waals surface area contributed by atoms with Crippen molar-refractivity contribution in [1.29, 1.82) is 0 Å². The minimum atomic E-state index is -0.544. The summed E-state index contributed by atoms with van der Waals surface area (Å²) in [6.45, 7) is 6.35. The third-order valence-electron chi connectivity index (χ3n) is 4.82. The van der Waals surface area contributed by atoms with Gasteiger partial charge >= 0.3 is 5.97 Å². The van der Waals surface area contributed by atoms with E-state index in [0.29, 0.717) is 27.2 Å². The molecule has 0 bridgehead atoms. The molecule has 0 N–H and O–H groups in total. The maximum absolute atomic E-state index is 13.4. The summed E-state index contributed by atoms with van der Waals surface area (Å²) < 4.78 is 12.9. The number of thiazole rings is 1. The Morgan fingerprint density at radius 3 is 2.61 bits per heavy atom. The van der Waals surface area contributed by atoms with Crippen LogP contribution in [0.25, 0.3) is 6.08 Å². The Labute approximate surface area is 187 Å². The molecule has 1 aliphatic heterocycles. The van der Waals surface area contributed by atoms with Crippen LogP contribution in [0.2, 0.25) is 0 Å². The van der Waals surface area contributed by atoms with Crippen LogP contribution in [0.4, 0.5) is 0 Å². The minimum Gasteiger partial charge on any atom is -0.494 e. The molecule has 3 aromatic rings.